The number of benzene rings is 2. The van der Waals surface area contributed by atoms with Crippen LogP contribution in [0.2, 0.25) is 0 Å². The largest absolute Gasteiger partial charge is 0.497 e. The highest BCUT2D eigenvalue weighted by atomic mass is 16.5. The molecule has 0 N–H and O–H groups in total. The first-order chi connectivity index (χ1) is 10.7. The van der Waals surface area contributed by atoms with Crippen molar-refractivity contribution in [2.45, 2.75) is 6.54 Å². The Bertz CT molecular complexity index is 719. The van der Waals surface area contributed by atoms with E-state index in [4.69, 9.17) is 9.47 Å². The number of carbonyl (C=O) groups is 2. The SMILES string of the molecule is COc1ccc(C[15N]2C(=O)c3ccccc3C2=O)c(OC)c1. The van der Waals surface area contributed by atoms with Crippen molar-refractivity contribution in [2.75, 3.05) is 14.2 Å². The number of hydrogen-bond donors (Lipinski definition) is 0. The van der Waals surface area contributed by atoms with Crippen LogP contribution in [0.15, 0.2) is 42.5 Å². The van der Waals surface area contributed by atoms with Gasteiger partial charge < -0.3 is 9.47 Å². The van der Waals surface area contributed by atoms with Crippen LogP contribution in [0.3, 0.4) is 0 Å². The van der Waals surface area contributed by atoms with Gasteiger partial charge in [-0.1, -0.05) is 12.1 Å². The first-order valence-corrected chi connectivity index (χ1v) is 6.82. The lowest BCUT2D eigenvalue weighted by molar-refractivity contribution is 0.0641. The minimum atomic E-state index is -0.279. The predicted molar refractivity (Wildman–Crippen MR) is 80.2 cm³/mol. The van der Waals surface area contributed by atoms with Gasteiger partial charge in [0.2, 0.25) is 0 Å². The van der Waals surface area contributed by atoms with E-state index in [1.165, 1.54) is 4.90 Å². The average molecular weight is 298 g/mol. The van der Waals surface area contributed by atoms with E-state index in [1.54, 1.807) is 56.7 Å². The van der Waals surface area contributed by atoms with Crippen molar-refractivity contribution in [3.8, 4) is 11.5 Å². The molecule has 1 aliphatic heterocycles. The van der Waals surface area contributed by atoms with Crippen LogP contribution in [-0.2, 0) is 6.54 Å². The lowest BCUT2D eigenvalue weighted by atomic mass is 10.1. The number of nitrogens with zero attached hydrogens (tertiary/aromatic N) is 1. The van der Waals surface area contributed by atoms with E-state index in [0.29, 0.717) is 22.6 Å². The molecular weight excluding hydrogens is 283 g/mol. The van der Waals surface area contributed by atoms with Crippen LogP contribution >= 0.6 is 0 Å². The summed E-state index contributed by atoms with van der Waals surface area (Å²) < 4.78 is 10.5. The molecule has 0 aromatic heterocycles. The van der Waals surface area contributed by atoms with E-state index in [2.05, 4.69) is 0 Å². The Morgan fingerprint density at radius 1 is 0.909 bits per heavy atom. The number of carbonyl (C=O) groups excluding carboxylic acids is 2. The Morgan fingerprint density at radius 2 is 1.55 bits per heavy atom. The molecule has 2 aromatic carbocycles. The summed E-state index contributed by atoms with van der Waals surface area (Å²) in [5.41, 5.74) is 1.64. The van der Waals surface area contributed by atoms with E-state index in [0.717, 1.165) is 5.56 Å². The molecule has 0 unspecified atom stereocenters. The number of amides is 2. The zero-order chi connectivity index (χ0) is 15.7. The average Bonchev–Trinajstić information content (AvgIpc) is 2.80. The molecule has 112 valence electrons. The van der Waals surface area contributed by atoms with Gasteiger partial charge in [-0.3, -0.25) is 14.5 Å². The molecule has 5 heteroatoms. The van der Waals surface area contributed by atoms with Crippen LogP contribution in [0.4, 0.5) is 0 Å². The number of hydrogen-bond acceptors (Lipinski definition) is 4. The lowest BCUT2D eigenvalue weighted by Gasteiger charge is -2.16. The number of ether oxygens (including phenoxy) is 2. The minimum absolute atomic E-state index is 0.166. The third kappa shape index (κ3) is 2.20. The van der Waals surface area contributed by atoms with Gasteiger partial charge in [-0.25, -0.2) is 0 Å². The van der Waals surface area contributed by atoms with Crippen molar-refractivity contribution >= 4 is 11.8 Å². The maximum Gasteiger partial charge on any atom is 0.261 e. The second-order valence-electron chi connectivity index (χ2n) is 4.92. The molecule has 0 radical (unpaired) electrons. The van der Waals surface area contributed by atoms with Crippen LogP contribution in [0.25, 0.3) is 0 Å². The summed E-state index contributed by atoms with van der Waals surface area (Å²) in [6.45, 7) is 0.166. The molecule has 5 nitrogen and oxygen atoms in total. The zero-order valence-electron chi connectivity index (χ0n) is 12.3. The highest BCUT2D eigenvalue weighted by Gasteiger charge is 2.35. The van der Waals surface area contributed by atoms with Crippen molar-refractivity contribution in [1.29, 1.82) is 0 Å². The highest BCUT2D eigenvalue weighted by Crippen LogP contribution is 2.29. The lowest BCUT2D eigenvalue weighted by Crippen LogP contribution is -2.29. The molecule has 1 heterocycles. The second-order valence-corrected chi connectivity index (χ2v) is 4.92. The van der Waals surface area contributed by atoms with Crippen LogP contribution in [-0.4, -0.2) is 30.9 Å². The summed E-state index contributed by atoms with van der Waals surface area (Å²) in [6, 6.07) is 12.1. The van der Waals surface area contributed by atoms with Gasteiger partial charge in [0, 0.05) is 11.6 Å². The van der Waals surface area contributed by atoms with Gasteiger partial charge in [-0.15, -0.1) is 0 Å². The topological polar surface area (TPSA) is 55.8 Å². The van der Waals surface area contributed by atoms with Crippen molar-refractivity contribution in [3.05, 3.63) is 59.2 Å². The van der Waals surface area contributed by atoms with Gasteiger partial charge in [-0.2, -0.15) is 0 Å². The highest BCUT2D eigenvalue weighted by molar-refractivity contribution is 6.21. The van der Waals surface area contributed by atoms with Crippen LogP contribution < -0.4 is 9.47 Å². The minimum Gasteiger partial charge on any atom is -0.497 e. The van der Waals surface area contributed by atoms with Crippen molar-refractivity contribution in [2.24, 2.45) is 0 Å². The monoisotopic (exact) mass is 298 g/mol. The van der Waals surface area contributed by atoms with Gasteiger partial charge in [-0.05, 0) is 24.3 Å². The Kier molecular flexibility index (Phi) is 3.55. The maximum atomic E-state index is 12.4. The van der Waals surface area contributed by atoms with E-state index < -0.39 is 0 Å². The molecule has 1 aliphatic rings. The molecule has 0 saturated carbocycles. The summed E-state index contributed by atoms with van der Waals surface area (Å²) in [5.74, 6) is 0.677. The fourth-order valence-electron chi connectivity index (χ4n) is 2.54. The van der Waals surface area contributed by atoms with Gasteiger partial charge in [0.15, 0.2) is 0 Å². The number of fused-ring (bicyclic) bond motifs is 1. The fraction of sp³-hybridized carbons (Fsp3) is 0.176. The van der Waals surface area contributed by atoms with Crippen LogP contribution in [0.5, 0.6) is 11.5 Å². The van der Waals surface area contributed by atoms with E-state index in [9.17, 15) is 9.59 Å². The third-order valence-corrected chi connectivity index (χ3v) is 3.70. The molecular formula is C17H15NO4. The summed E-state index contributed by atoms with van der Waals surface area (Å²) in [7, 11) is 3.11. The zero-order valence-corrected chi connectivity index (χ0v) is 12.3. The quantitative estimate of drug-likeness (QED) is 0.643. The third-order valence-electron chi connectivity index (χ3n) is 3.70. The predicted octanol–water partition coefficient (Wildman–Crippen LogP) is 2.50. The molecule has 0 saturated heterocycles. The molecule has 0 fully saturated rings. The van der Waals surface area contributed by atoms with Gasteiger partial charge >= 0.3 is 0 Å². The number of rotatable bonds is 4. The Balaban J connectivity index is 1.92. The van der Waals surface area contributed by atoms with E-state index in [1.807, 2.05) is 0 Å². The number of imide groups is 1. The van der Waals surface area contributed by atoms with Crippen molar-refractivity contribution in [3.63, 3.8) is 0 Å². The Morgan fingerprint density at radius 3 is 2.09 bits per heavy atom. The summed E-state index contributed by atoms with van der Waals surface area (Å²) >= 11 is 0. The molecule has 0 aliphatic carbocycles. The van der Waals surface area contributed by atoms with Gasteiger partial charge in [0.1, 0.15) is 11.5 Å². The smallest absolute Gasteiger partial charge is 0.261 e. The molecule has 2 aromatic rings. The van der Waals surface area contributed by atoms with E-state index >= 15 is 0 Å². The fourth-order valence-corrected chi connectivity index (χ4v) is 2.54. The van der Waals surface area contributed by atoms with E-state index in [-0.39, 0.29) is 18.4 Å². The molecule has 0 atom stereocenters. The van der Waals surface area contributed by atoms with Crippen LogP contribution in [0, 0.1) is 0 Å². The molecule has 3 rings (SSSR count). The summed E-state index contributed by atoms with van der Waals surface area (Å²) in [4.78, 5) is 26.0. The Labute approximate surface area is 128 Å². The molecule has 0 bridgehead atoms. The van der Waals surface area contributed by atoms with Gasteiger partial charge in [0.25, 0.3) is 11.8 Å². The first-order valence-electron chi connectivity index (χ1n) is 6.82. The molecule has 2 amide bonds. The summed E-state index contributed by atoms with van der Waals surface area (Å²) in [6.07, 6.45) is 0. The standard InChI is InChI=1S/C17H15NO4/c1-21-12-8-7-11(15(9-12)22-2)10-18-16(19)13-5-3-4-6-14(13)17(18)20/h3-9H,10H2,1-2H3/i18+1. The van der Waals surface area contributed by atoms with Crippen LogP contribution in [0.1, 0.15) is 26.3 Å². The van der Waals surface area contributed by atoms with Crippen molar-refractivity contribution < 1.29 is 19.1 Å². The summed E-state index contributed by atoms with van der Waals surface area (Å²) in [5, 5.41) is 0. The first kappa shape index (κ1) is 14.1. The normalized spacial score (nSPS) is 13.3. The van der Waals surface area contributed by atoms with Gasteiger partial charge in [0.05, 0.1) is 31.9 Å². The molecule has 0 spiro atoms. The second kappa shape index (κ2) is 5.52. The molecule has 22 heavy (non-hydrogen) atoms. The Hall–Kier alpha value is -2.82. The number of methoxy groups -OCH3 is 2. The van der Waals surface area contributed by atoms with Crippen molar-refractivity contribution in [1.82, 2.24) is 4.90 Å². The maximum absolute atomic E-state index is 12.4.